The Morgan fingerprint density at radius 2 is 2.00 bits per heavy atom. The molecule has 0 saturated carbocycles. The van der Waals surface area contributed by atoms with E-state index in [4.69, 9.17) is 33.2 Å². The molecule has 1 aromatic heterocycles. The van der Waals surface area contributed by atoms with Gasteiger partial charge in [0.1, 0.15) is 22.8 Å². The average Bonchev–Trinajstić information content (AvgIpc) is 2.48. The highest BCUT2D eigenvalue weighted by Crippen LogP contribution is 2.25. The summed E-state index contributed by atoms with van der Waals surface area (Å²) in [5.41, 5.74) is 1.30. The van der Waals surface area contributed by atoms with Gasteiger partial charge in [0.2, 0.25) is 0 Å². The zero-order valence-corrected chi connectivity index (χ0v) is 12.2. The van der Waals surface area contributed by atoms with Crippen LogP contribution in [0.15, 0.2) is 30.3 Å². The summed E-state index contributed by atoms with van der Waals surface area (Å²) < 4.78 is 5.09. The van der Waals surface area contributed by atoms with E-state index in [0.717, 1.165) is 11.3 Å². The van der Waals surface area contributed by atoms with Crippen molar-refractivity contribution in [3.8, 4) is 11.8 Å². The van der Waals surface area contributed by atoms with Crippen molar-refractivity contribution in [2.24, 2.45) is 0 Å². The van der Waals surface area contributed by atoms with Gasteiger partial charge in [-0.1, -0.05) is 35.3 Å². The topological polar surface area (TPSA) is 57.9 Å². The molecule has 20 heavy (non-hydrogen) atoms. The first-order chi connectivity index (χ1) is 9.63. The lowest BCUT2D eigenvalue weighted by molar-refractivity contribution is 0.414. The van der Waals surface area contributed by atoms with Crippen molar-refractivity contribution in [2.75, 3.05) is 12.4 Å². The molecule has 2 rings (SSSR count). The Hall–Kier alpha value is -1.96. The van der Waals surface area contributed by atoms with Crippen LogP contribution in [0, 0.1) is 11.3 Å². The second-order valence-electron chi connectivity index (χ2n) is 3.97. The van der Waals surface area contributed by atoms with Gasteiger partial charge in [-0.05, 0) is 23.8 Å². The molecule has 0 spiro atoms. The van der Waals surface area contributed by atoms with Gasteiger partial charge in [0.25, 0.3) is 0 Å². The second kappa shape index (κ2) is 6.47. The van der Waals surface area contributed by atoms with Gasteiger partial charge in [0, 0.05) is 6.54 Å². The van der Waals surface area contributed by atoms with Crippen molar-refractivity contribution in [2.45, 2.75) is 6.54 Å². The molecule has 1 aromatic carbocycles. The first kappa shape index (κ1) is 14.4. The maximum Gasteiger partial charge on any atom is 0.149 e. The van der Waals surface area contributed by atoms with Crippen LogP contribution in [0.4, 0.5) is 5.82 Å². The second-order valence-corrected chi connectivity index (χ2v) is 4.74. The monoisotopic (exact) mass is 307 g/mol. The lowest BCUT2D eigenvalue weighted by atomic mass is 10.2. The number of ether oxygens (including phenoxy) is 1. The van der Waals surface area contributed by atoms with Gasteiger partial charge < -0.3 is 10.1 Å². The summed E-state index contributed by atoms with van der Waals surface area (Å²) in [5.74, 6) is 1.25. The lowest BCUT2D eigenvalue weighted by Gasteiger charge is -2.09. The van der Waals surface area contributed by atoms with E-state index in [1.165, 1.54) is 6.07 Å². The van der Waals surface area contributed by atoms with Gasteiger partial charge in [0.15, 0.2) is 0 Å². The summed E-state index contributed by atoms with van der Waals surface area (Å²) in [6.45, 7) is 0.541. The first-order valence-electron chi connectivity index (χ1n) is 5.77. The Morgan fingerprint density at radius 3 is 2.60 bits per heavy atom. The molecule has 4 nitrogen and oxygen atoms in total. The van der Waals surface area contributed by atoms with Crippen molar-refractivity contribution >= 4 is 29.0 Å². The highest BCUT2D eigenvalue weighted by molar-refractivity contribution is 6.34. The number of nitrogens with one attached hydrogen (secondary N) is 1. The number of anilines is 1. The third-order valence-corrected chi connectivity index (χ3v) is 3.25. The number of rotatable bonds is 4. The number of hydrogen-bond acceptors (Lipinski definition) is 4. The standard InChI is InChI=1S/C14H11Cl2N3O/c1-20-11-4-2-9(3-5-11)8-18-14-12(15)6-10(7-17)13(16)19-14/h2-6H,8H2,1H3,(H,18,19). The van der Waals surface area contributed by atoms with E-state index in [0.29, 0.717) is 17.4 Å². The summed E-state index contributed by atoms with van der Waals surface area (Å²) in [4.78, 5) is 4.07. The number of hydrogen-bond donors (Lipinski definition) is 1. The van der Waals surface area contributed by atoms with E-state index in [2.05, 4.69) is 10.3 Å². The number of benzene rings is 1. The van der Waals surface area contributed by atoms with Crippen LogP contribution in [-0.2, 0) is 6.54 Å². The fourth-order valence-electron chi connectivity index (χ4n) is 1.60. The van der Waals surface area contributed by atoms with Crippen LogP contribution in [0.1, 0.15) is 11.1 Å². The SMILES string of the molecule is COc1ccc(CNc2nc(Cl)c(C#N)cc2Cl)cc1. The number of nitriles is 1. The Bertz CT molecular complexity index is 651. The molecule has 0 aliphatic carbocycles. The quantitative estimate of drug-likeness (QED) is 0.871. The molecule has 0 unspecified atom stereocenters. The molecule has 0 bridgehead atoms. The third-order valence-electron chi connectivity index (χ3n) is 2.67. The zero-order valence-electron chi connectivity index (χ0n) is 10.7. The van der Waals surface area contributed by atoms with Gasteiger partial charge in [-0.3, -0.25) is 0 Å². The highest BCUT2D eigenvalue weighted by atomic mass is 35.5. The van der Waals surface area contributed by atoms with Gasteiger partial charge in [0.05, 0.1) is 17.7 Å². The Morgan fingerprint density at radius 1 is 1.30 bits per heavy atom. The van der Waals surface area contributed by atoms with Crippen molar-refractivity contribution in [3.05, 3.63) is 51.6 Å². The van der Waals surface area contributed by atoms with Crippen LogP contribution in [0.3, 0.4) is 0 Å². The fourth-order valence-corrected chi connectivity index (χ4v) is 2.00. The first-order valence-corrected chi connectivity index (χ1v) is 6.52. The lowest BCUT2D eigenvalue weighted by Crippen LogP contribution is -2.03. The summed E-state index contributed by atoms with van der Waals surface area (Å²) in [6, 6.07) is 11.0. The summed E-state index contributed by atoms with van der Waals surface area (Å²) in [7, 11) is 1.62. The molecule has 2 aromatic rings. The van der Waals surface area contributed by atoms with Crippen LogP contribution < -0.4 is 10.1 Å². The van der Waals surface area contributed by atoms with Crippen LogP contribution >= 0.6 is 23.2 Å². The van der Waals surface area contributed by atoms with Crippen LogP contribution in [0.25, 0.3) is 0 Å². The van der Waals surface area contributed by atoms with E-state index >= 15 is 0 Å². The Labute approximate surface area is 126 Å². The van der Waals surface area contributed by atoms with E-state index in [9.17, 15) is 0 Å². The minimum Gasteiger partial charge on any atom is -0.497 e. The van der Waals surface area contributed by atoms with Crippen molar-refractivity contribution in [3.63, 3.8) is 0 Å². The number of nitrogens with zero attached hydrogens (tertiary/aromatic N) is 2. The largest absolute Gasteiger partial charge is 0.497 e. The molecular weight excluding hydrogens is 297 g/mol. The van der Waals surface area contributed by atoms with E-state index in [-0.39, 0.29) is 10.7 Å². The third kappa shape index (κ3) is 3.32. The number of aromatic nitrogens is 1. The molecule has 1 heterocycles. The normalized spacial score (nSPS) is 9.90. The molecule has 0 radical (unpaired) electrons. The molecular formula is C14H11Cl2N3O. The van der Waals surface area contributed by atoms with Crippen molar-refractivity contribution in [1.29, 1.82) is 5.26 Å². The summed E-state index contributed by atoms with van der Waals surface area (Å²) >= 11 is 11.9. The average molecular weight is 308 g/mol. The summed E-state index contributed by atoms with van der Waals surface area (Å²) in [6.07, 6.45) is 0. The fraction of sp³-hybridized carbons (Fsp3) is 0.143. The molecule has 0 aliphatic rings. The molecule has 0 saturated heterocycles. The number of pyridine rings is 1. The van der Waals surface area contributed by atoms with Gasteiger partial charge in [-0.25, -0.2) is 4.98 Å². The molecule has 1 N–H and O–H groups in total. The molecule has 0 amide bonds. The molecule has 0 atom stereocenters. The zero-order chi connectivity index (χ0) is 14.5. The van der Waals surface area contributed by atoms with Gasteiger partial charge in [-0.2, -0.15) is 5.26 Å². The van der Waals surface area contributed by atoms with Crippen molar-refractivity contribution in [1.82, 2.24) is 4.98 Å². The molecule has 0 aliphatic heterocycles. The highest BCUT2D eigenvalue weighted by Gasteiger charge is 2.08. The van der Waals surface area contributed by atoms with Crippen LogP contribution in [-0.4, -0.2) is 12.1 Å². The van der Waals surface area contributed by atoms with E-state index in [1.807, 2.05) is 30.3 Å². The predicted molar refractivity (Wildman–Crippen MR) is 79.3 cm³/mol. The molecule has 6 heteroatoms. The van der Waals surface area contributed by atoms with E-state index in [1.54, 1.807) is 7.11 Å². The maximum atomic E-state index is 8.83. The minimum absolute atomic E-state index is 0.133. The minimum atomic E-state index is 0.133. The predicted octanol–water partition coefficient (Wildman–Crippen LogP) is 3.88. The smallest absolute Gasteiger partial charge is 0.149 e. The Kier molecular flexibility index (Phi) is 4.67. The number of halogens is 2. The van der Waals surface area contributed by atoms with Crippen LogP contribution in [0.5, 0.6) is 5.75 Å². The van der Waals surface area contributed by atoms with Crippen molar-refractivity contribution < 1.29 is 4.74 Å². The van der Waals surface area contributed by atoms with Crippen LogP contribution in [0.2, 0.25) is 10.2 Å². The number of methoxy groups -OCH3 is 1. The molecule has 0 fully saturated rings. The molecule has 102 valence electrons. The van der Waals surface area contributed by atoms with E-state index < -0.39 is 0 Å². The van der Waals surface area contributed by atoms with Gasteiger partial charge in [-0.15, -0.1) is 0 Å². The Balaban J connectivity index is 2.10. The maximum absolute atomic E-state index is 8.83. The van der Waals surface area contributed by atoms with Gasteiger partial charge >= 0.3 is 0 Å². The summed E-state index contributed by atoms with van der Waals surface area (Å²) in [5, 5.41) is 12.4.